The van der Waals surface area contributed by atoms with Crippen molar-refractivity contribution in [1.29, 1.82) is 0 Å². The fraction of sp³-hybridized carbons (Fsp3) is 0.455. The topological polar surface area (TPSA) is 3.24 Å². The van der Waals surface area contributed by atoms with Gasteiger partial charge in [0.05, 0.1) is 0 Å². The molecule has 0 radical (unpaired) electrons. The molecule has 0 aliphatic rings. The van der Waals surface area contributed by atoms with Crippen LogP contribution >= 0.6 is 12.6 Å². The summed E-state index contributed by atoms with van der Waals surface area (Å²) in [6.07, 6.45) is 0.807. The molecule has 15 heavy (non-hydrogen) atoms. The van der Waals surface area contributed by atoms with E-state index in [9.17, 15) is 8.78 Å². The molecule has 1 atom stereocenters. The Kier molecular flexibility index (Phi) is 4.54. The number of hydrogen-bond acceptors (Lipinski definition) is 2. The van der Waals surface area contributed by atoms with Crippen LogP contribution in [0.4, 0.5) is 8.78 Å². The van der Waals surface area contributed by atoms with Gasteiger partial charge >= 0.3 is 0 Å². The predicted molar refractivity (Wildman–Crippen MR) is 61.3 cm³/mol. The van der Waals surface area contributed by atoms with E-state index < -0.39 is 11.6 Å². The van der Waals surface area contributed by atoms with Gasteiger partial charge in [-0.15, -0.1) is 0 Å². The standard InChI is InChI=1S/C11H15F2NS/c1-14(2)11(5-6-15)8-3-4-9(12)10(13)7-8/h3-4,7,11,15H,5-6H2,1-2H3. The van der Waals surface area contributed by atoms with Gasteiger partial charge < -0.3 is 4.90 Å². The van der Waals surface area contributed by atoms with E-state index in [0.717, 1.165) is 12.0 Å². The van der Waals surface area contributed by atoms with Crippen LogP contribution in [0, 0.1) is 11.6 Å². The molecule has 0 spiro atoms. The SMILES string of the molecule is CN(C)C(CCS)c1ccc(F)c(F)c1. The van der Waals surface area contributed by atoms with Crippen molar-refractivity contribution >= 4 is 12.6 Å². The fourth-order valence-electron chi connectivity index (χ4n) is 1.56. The summed E-state index contributed by atoms with van der Waals surface area (Å²) >= 11 is 4.16. The maximum atomic E-state index is 13.0. The van der Waals surface area contributed by atoms with Gasteiger partial charge in [-0.3, -0.25) is 0 Å². The largest absolute Gasteiger partial charge is 0.302 e. The molecule has 0 aliphatic heterocycles. The summed E-state index contributed by atoms with van der Waals surface area (Å²) in [4.78, 5) is 1.98. The van der Waals surface area contributed by atoms with Gasteiger partial charge in [0.1, 0.15) is 0 Å². The van der Waals surface area contributed by atoms with Gasteiger partial charge in [-0.1, -0.05) is 6.07 Å². The number of rotatable bonds is 4. The van der Waals surface area contributed by atoms with Crippen LogP contribution in [-0.4, -0.2) is 24.7 Å². The number of halogens is 2. The van der Waals surface area contributed by atoms with Crippen molar-refractivity contribution in [3.8, 4) is 0 Å². The third-order valence-electron chi connectivity index (χ3n) is 2.35. The molecule has 0 heterocycles. The van der Waals surface area contributed by atoms with Gasteiger partial charge in [-0.25, -0.2) is 8.78 Å². The van der Waals surface area contributed by atoms with E-state index in [-0.39, 0.29) is 6.04 Å². The van der Waals surface area contributed by atoms with E-state index in [1.807, 2.05) is 19.0 Å². The highest BCUT2D eigenvalue weighted by molar-refractivity contribution is 7.80. The Hall–Kier alpha value is -0.610. The minimum Gasteiger partial charge on any atom is -0.302 e. The molecule has 0 N–H and O–H groups in total. The zero-order valence-corrected chi connectivity index (χ0v) is 9.77. The third kappa shape index (κ3) is 3.18. The van der Waals surface area contributed by atoms with Crippen molar-refractivity contribution in [2.45, 2.75) is 12.5 Å². The second-order valence-electron chi connectivity index (χ2n) is 3.67. The summed E-state index contributed by atoms with van der Waals surface area (Å²) in [5, 5.41) is 0. The second-order valence-corrected chi connectivity index (χ2v) is 4.11. The molecule has 0 aliphatic carbocycles. The maximum Gasteiger partial charge on any atom is 0.159 e. The molecule has 0 fully saturated rings. The second kappa shape index (κ2) is 5.47. The minimum absolute atomic E-state index is 0.0811. The van der Waals surface area contributed by atoms with Crippen molar-refractivity contribution in [2.24, 2.45) is 0 Å². The first-order valence-corrected chi connectivity index (χ1v) is 5.41. The number of thiol groups is 1. The van der Waals surface area contributed by atoms with Crippen molar-refractivity contribution in [3.63, 3.8) is 0 Å². The first-order chi connectivity index (χ1) is 7.06. The molecule has 1 aromatic carbocycles. The summed E-state index contributed by atoms with van der Waals surface area (Å²) in [5.74, 6) is -0.886. The summed E-state index contributed by atoms with van der Waals surface area (Å²) < 4.78 is 25.8. The van der Waals surface area contributed by atoms with E-state index in [1.54, 1.807) is 6.07 Å². The average molecular weight is 231 g/mol. The van der Waals surface area contributed by atoms with E-state index in [0.29, 0.717) is 5.75 Å². The number of nitrogens with zero attached hydrogens (tertiary/aromatic N) is 1. The van der Waals surface area contributed by atoms with Crippen LogP contribution in [0.2, 0.25) is 0 Å². The lowest BCUT2D eigenvalue weighted by Crippen LogP contribution is -2.20. The molecule has 0 saturated heterocycles. The molecule has 1 aromatic rings. The van der Waals surface area contributed by atoms with Crippen LogP contribution in [0.1, 0.15) is 18.0 Å². The Morgan fingerprint density at radius 3 is 2.40 bits per heavy atom. The Morgan fingerprint density at radius 2 is 1.93 bits per heavy atom. The average Bonchev–Trinajstić information content (AvgIpc) is 2.18. The van der Waals surface area contributed by atoms with Crippen LogP contribution in [-0.2, 0) is 0 Å². The van der Waals surface area contributed by atoms with Crippen LogP contribution in [0.15, 0.2) is 18.2 Å². The van der Waals surface area contributed by atoms with Crippen molar-refractivity contribution in [2.75, 3.05) is 19.8 Å². The van der Waals surface area contributed by atoms with Crippen LogP contribution in [0.25, 0.3) is 0 Å². The van der Waals surface area contributed by atoms with E-state index in [4.69, 9.17) is 0 Å². The zero-order valence-electron chi connectivity index (χ0n) is 8.87. The maximum absolute atomic E-state index is 13.0. The van der Waals surface area contributed by atoms with Crippen molar-refractivity contribution in [1.82, 2.24) is 4.90 Å². The first-order valence-electron chi connectivity index (χ1n) is 4.78. The number of hydrogen-bond donors (Lipinski definition) is 1. The molecule has 1 rings (SSSR count). The van der Waals surface area contributed by atoms with Crippen molar-refractivity contribution < 1.29 is 8.78 Å². The Morgan fingerprint density at radius 1 is 1.27 bits per heavy atom. The first kappa shape index (κ1) is 12.5. The normalized spacial score (nSPS) is 13.2. The molecule has 1 unspecified atom stereocenters. The fourth-order valence-corrected chi connectivity index (χ4v) is 1.81. The monoisotopic (exact) mass is 231 g/mol. The molecule has 0 bridgehead atoms. The van der Waals surface area contributed by atoms with E-state index in [1.165, 1.54) is 12.1 Å². The van der Waals surface area contributed by atoms with Crippen molar-refractivity contribution in [3.05, 3.63) is 35.4 Å². The Balaban J connectivity index is 2.95. The molecule has 1 nitrogen and oxygen atoms in total. The third-order valence-corrected chi connectivity index (χ3v) is 2.61. The molecular weight excluding hydrogens is 216 g/mol. The van der Waals surface area contributed by atoms with E-state index >= 15 is 0 Å². The van der Waals surface area contributed by atoms with Gasteiger partial charge in [0, 0.05) is 6.04 Å². The van der Waals surface area contributed by atoms with Gasteiger partial charge in [-0.05, 0) is 44.0 Å². The van der Waals surface area contributed by atoms with E-state index in [2.05, 4.69) is 12.6 Å². The highest BCUT2D eigenvalue weighted by atomic mass is 32.1. The highest BCUT2D eigenvalue weighted by Gasteiger charge is 2.14. The molecular formula is C11H15F2NS. The van der Waals surface area contributed by atoms with Crippen LogP contribution in [0.5, 0.6) is 0 Å². The lowest BCUT2D eigenvalue weighted by molar-refractivity contribution is 0.292. The van der Waals surface area contributed by atoms with Crippen LogP contribution in [0.3, 0.4) is 0 Å². The molecule has 0 saturated carbocycles. The Labute approximate surface area is 94.5 Å². The molecule has 0 aromatic heterocycles. The summed E-state index contributed by atoms with van der Waals surface area (Å²) in [5.41, 5.74) is 0.785. The smallest absolute Gasteiger partial charge is 0.159 e. The van der Waals surface area contributed by atoms with Gasteiger partial charge in [-0.2, -0.15) is 12.6 Å². The zero-order chi connectivity index (χ0) is 11.4. The van der Waals surface area contributed by atoms with Gasteiger partial charge in [0.25, 0.3) is 0 Å². The molecule has 0 amide bonds. The highest BCUT2D eigenvalue weighted by Crippen LogP contribution is 2.23. The van der Waals surface area contributed by atoms with Gasteiger partial charge in [0.2, 0.25) is 0 Å². The number of benzene rings is 1. The predicted octanol–water partition coefficient (Wildman–Crippen LogP) is 2.89. The summed E-state index contributed by atoms with van der Waals surface area (Å²) in [6.45, 7) is 0. The Bertz CT molecular complexity index is 328. The van der Waals surface area contributed by atoms with Crippen LogP contribution < -0.4 is 0 Å². The quantitative estimate of drug-likeness (QED) is 0.780. The minimum atomic E-state index is -0.804. The molecule has 84 valence electrons. The lowest BCUT2D eigenvalue weighted by atomic mass is 10.0. The lowest BCUT2D eigenvalue weighted by Gasteiger charge is -2.24. The van der Waals surface area contributed by atoms with Gasteiger partial charge in [0.15, 0.2) is 11.6 Å². The summed E-state index contributed by atoms with van der Waals surface area (Å²) in [7, 11) is 3.82. The molecule has 4 heteroatoms. The summed E-state index contributed by atoms with van der Waals surface area (Å²) in [6, 6.07) is 4.12.